The molecule has 0 saturated heterocycles. The molecule has 2 aromatic carbocycles. The number of carbonyl (C=O) groups excluding carboxylic acids is 1. The molecule has 2 heterocycles. The molecule has 0 radical (unpaired) electrons. The zero-order chi connectivity index (χ0) is 22.8. The van der Waals surface area contributed by atoms with Crippen LogP contribution in [0.2, 0.25) is 0 Å². The Bertz CT molecular complexity index is 1330. The van der Waals surface area contributed by atoms with Crippen LogP contribution >= 0.6 is 11.8 Å². The zero-order valence-electron chi connectivity index (χ0n) is 16.9. The quantitative estimate of drug-likeness (QED) is 0.348. The van der Waals surface area contributed by atoms with Crippen LogP contribution in [-0.2, 0) is 7.05 Å². The summed E-state index contributed by atoms with van der Waals surface area (Å²) in [5, 5.41) is 22.2. The fourth-order valence-electron chi connectivity index (χ4n) is 2.97. The van der Waals surface area contributed by atoms with Crippen LogP contribution in [0.3, 0.4) is 0 Å². The summed E-state index contributed by atoms with van der Waals surface area (Å²) in [7, 11) is 1.72. The fraction of sp³-hybridized carbons (Fsp3) is 0.100. The van der Waals surface area contributed by atoms with Crippen molar-refractivity contribution in [1.29, 1.82) is 0 Å². The van der Waals surface area contributed by atoms with Gasteiger partial charge < -0.3 is 14.5 Å². The normalized spacial score (nSPS) is 10.8. The minimum atomic E-state index is -0.603. The molecule has 0 atom stereocenters. The van der Waals surface area contributed by atoms with Crippen LogP contribution in [0.25, 0.3) is 5.69 Å². The van der Waals surface area contributed by atoms with Gasteiger partial charge >= 0.3 is 0 Å². The zero-order valence-corrected chi connectivity index (χ0v) is 17.7. The molecule has 0 unspecified atom stereocenters. The van der Waals surface area contributed by atoms with Crippen molar-refractivity contribution < 1.29 is 14.1 Å². The van der Waals surface area contributed by atoms with Crippen molar-refractivity contribution in [2.24, 2.45) is 7.05 Å². The van der Waals surface area contributed by atoms with Crippen LogP contribution in [0.4, 0.5) is 15.8 Å². The van der Waals surface area contributed by atoms with Gasteiger partial charge in [-0.05, 0) is 49.0 Å². The largest absolute Gasteiger partial charge is 0.322 e. The van der Waals surface area contributed by atoms with Crippen molar-refractivity contribution in [2.75, 3.05) is 5.32 Å². The molecular weight excluding hydrogens is 437 g/mol. The second kappa shape index (κ2) is 8.59. The van der Waals surface area contributed by atoms with E-state index in [1.807, 2.05) is 0 Å². The number of nitro benzene ring substituents is 1. The third-order valence-electron chi connectivity index (χ3n) is 4.58. The maximum Gasteiger partial charge on any atom is 0.284 e. The molecule has 0 saturated carbocycles. The molecule has 4 rings (SSSR count). The highest BCUT2D eigenvalue weighted by Gasteiger charge is 2.20. The third kappa shape index (κ3) is 4.21. The molecule has 0 aliphatic heterocycles. The van der Waals surface area contributed by atoms with E-state index < -0.39 is 16.6 Å². The Balaban J connectivity index is 1.56. The lowest BCUT2D eigenvalue weighted by molar-refractivity contribution is -0.387. The first-order chi connectivity index (χ1) is 15.3. The van der Waals surface area contributed by atoms with Gasteiger partial charge in [-0.3, -0.25) is 14.9 Å². The first kappa shape index (κ1) is 21.2. The lowest BCUT2D eigenvalue weighted by Gasteiger charge is -2.10. The summed E-state index contributed by atoms with van der Waals surface area (Å²) in [6.45, 7) is 1.74. The fourth-order valence-corrected chi connectivity index (χ4v) is 3.82. The van der Waals surface area contributed by atoms with Gasteiger partial charge in [0, 0.05) is 36.8 Å². The topological polar surface area (TPSA) is 121 Å². The molecule has 32 heavy (non-hydrogen) atoms. The lowest BCUT2D eigenvalue weighted by Crippen LogP contribution is -2.13. The van der Waals surface area contributed by atoms with Crippen molar-refractivity contribution in [2.45, 2.75) is 17.0 Å². The number of nitro groups is 1. The van der Waals surface area contributed by atoms with E-state index >= 15 is 0 Å². The Labute approximate surface area is 185 Å². The average Bonchev–Trinajstić information content (AvgIpc) is 3.36. The van der Waals surface area contributed by atoms with Crippen LogP contribution in [0, 0.1) is 22.9 Å². The van der Waals surface area contributed by atoms with Crippen LogP contribution in [0.15, 0.2) is 65.2 Å². The van der Waals surface area contributed by atoms with Crippen LogP contribution in [0.5, 0.6) is 0 Å². The van der Waals surface area contributed by atoms with Crippen LogP contribution in [0.1, 0.15) is 16.2 Å². The summed E-state index contributed by atoms with van der Waals surface area (Å²) in [5.41, 5.74) is 0.324. The van der Waals surface area contributed by atoms with Crippen LogP contribution in [-0.4, -0.2) is 35.1 Å². The first-order valence-electron chi connectivity index (χ1n) is 9.25. The monoisotopic (exact) mass is 453 g/mol. The van der Waals surface area contributed by atoms with Gasteiger partial charge in [-0.15, -0.1) is 10.2 Å². The summed E-state index contributed by atoms with van der Waals surface area (Å²) >= 11 is 1.06. The van der Waals surface area contributed by atoms with Gasteiger partial charge in [0.2, 0.25) is 0 Å². The van der Waals surface area contributed by atoms with Gasteiger partial charge in [-0.1, -0.05) is 0 Å². The minimum absolute atomic E-state index is 0.0638. The van der Waals surface area contributed by atoms with Gasteiger partial charge in [0.15, 0.2) is 5.16 Å². The summed E-state index contributed by atoms with van der Waals surface area (Å²) in [6.07, 6.45) is 4.67. The summed E-state index contributed by atoms with van der Waals surface area (Å²) < 4.78 is 17.8. The first-order valence-corrected chi connectivity index (χ1v) is 10.1. The van der Waals surface area contributed by atoms with Crippen molar-refractivity contribution in [1.82, 2.24) is 24.3 Å². The molecule has 2 aromatic heterocycles. The summed E-state index contributed by atoms with van der Waals surface area (Å²) in [6, 6.07) is 8.34. The van der Waals surface area contributed by atoms with Crippen LogP contribution < -0.4 is 5.32 Å². The molecular formula is C20H16FN7O3S. The number of halogens is 1. The number of imidazole rings is 1. The Hall–Kier alpha value is -4.06. The lowest BCUT2D eigenvalue weighted by atomic mass is 10.1. The Morgan fingerprint density at radius 3 is 2.69 bits per heavy atom. The van der Waals surface area contributed by atoms with Gasteiger partial charge in [0.05, 0.1) is 15.5 Å². The maximum atomic E-state index is 14.6. The van der Waals surface area contributed by atoms with Gasteiger partial charge in [-0.2, -0.15) is 0 Å². The van der Waals surface area contributed by atoms with Crippen molar-refractivity contribution in [3.05, 3.63) is 82.4 Å². The van der Waals surface area contributed by atoms with E-state index in [4.69, 9.17) is 0 Å². The number of aromatic nitrogens is 5. The smallest absolute Gasteiger partial charge is 0.284 e. The Morgan fingerprint density at radius 1 is 1.25 bits per heavy atom. The van der Waals surface area contributed by atoms with Crippen molar-refractivity contribution in [3.63, 3.8) is 0 Å². The molecule has 10 nitrogen and oxygen atoms in total. The van der Waals surface area contributed by atoms with E-state index in [2.05, 4.69) is 20.5 Å². The molecule has 12 heteroatoms. The maximum absolute atomic E-state index is 14.6. The molecule has 162 valence electrons. The van der Waals surface area contributed by atoms with Crippen molar-refractivity contribution >= 4 is 29.0 Å². The number of hydrogen-bond acceptors (Lipinski definition) is 7. The number of nitrogens with zero attached hydrogens (tertiary/aromatic N) is 6. The highest BCUT2D eigenvalue weighted by Crippen LogP contribution is 2.34. The Morgan fingerprint density at radius 2 is 2.06 bits per heavy atom. The van der Waals surface area contributed by atoms with Gasteiger partial charge in [-0.25, -0.2) is 9.37 Å². The number of amides is 1. The molecule has 0 spiro atoms. The molecule has 0 aliphatic carbocycles. The SMILES string of the molecule is Cc1nccn1-c1ccc(NC(=O)c2ccc(Sc3nncn3C)c([N+](=O)[O-])c2)cc1F. The average molecular weight is 453 g/mol. The van der Waals surface area contributed by atoms with Gasteiger partial charge in [0.1, 0.15) is 18.0 Å². The highest BCUT2D eigenvalue weighted by molar-refractivity contribution is 7.99. The predicted octanol–water partition coefficient (Wildman–Crippen LogP) is 3.76. The predicted molar refractivity (Wildman–Crippen MR) is 114 cm³/mol. The molecule has 1 amide bonds. The highest BCUT2D eigenvalue weighted by atomic mass is 32.2. The van der Waals surface area contributed by atoms with E-state index in [1.54, 1.807) is 41.6 Å². The van der Waals surface area contributed by atoms with E-state index in [9.17, 15) is 19.3 Å². The second-order valence-electron chi connectivity index (χ2n) is 6.73. The summed E-state index contributed by atoms with van der Waals surface area (Å²) in [5.74, 6) is -0.535. The number of aryl methyl sites for hydroxylation is 2. The molecule has 0 fully saturated rings. The molecule has 0 bridgehead atoms. The standard InChI is InChI=1S/C20H16FN7O3S/c1-12-22-7-8-27(12)16-5-4-14(10-15(16)21)24-19(29)13-3-6-18(17(9-13)28(30)31)32-20-25-23-11-26(20)2/h3-11H,1-2H3,(H,24,29). The minimum Gasteiger partial charge on any atom is -0.322 e. The number of hydrogen-bond donors (Lipinski definition) is 1. The molecule has 4 aromatic rings. The Kier molecular flexibility index (Phi) is 5.69. The van der Waals surface area contributed by atoms with Crippen molar-refractivity contribution in [3.8, 4) is 5.69 Å². The molecule has 0 aliphatic rings. The van der Waals surface area contributed by atoms with E-state index in [0.717, 1.165) is 11.8 Å². The van der Waals surface area contributed by atoms with E-state index in [1.165, 1.54) is 36.7 Å². The summed E-state index contributed by atoms with van der Waals surface area (Å²) in [4.78, 5) is 28.0. The number of benzene rings is 2. The second-order valence-corrected chi connectivity index (χ2v) is 7.74. The number of rotatable bonds is 6. The third-order valence-corrected chi connectivity index (χ3v) is 5.70. The number of carbonyl (C=O) groups is 1. The van der Waals surface area contributed by atoms with E-state index in [0.29, 0.717) is 21.6 Å². The number of anilines is 1. The van der Waals surface area contributed by atoms with E-state index in [-0.39, 0.29) is 16.9 Å². The van der Waals surface area contributed by atoms with Gasteiger partial charge in [0.25, 0.3) is 11.6 Å². The number of nitrogens with one attached hydrogen (secondary N) is 1. The molecule has 1 N–H and O–H groups in total.